The van der Waals surface area contributed by atoms with Crippen LogP contribution in [0.15, 0.2) is 35.0 Å². The SMILES string of the molecule is Cc1oncc1NC(=O)c1ccc(C(=O)OC(C)(C)C)cc1. The van der Waals surface area contributed by atoms with Crippen molar-refractivity contribution in [1.82, 2.24) is 5.16 Å². The molecule has 0 fully saturated rings. The Bertz CT molecular complexity index is 681. The van der Waals surface area contributed by atoms with Gasteiger partial charge in [-0.3, -0.25) is 4.79 Å². The van der Waals surface area contributed by atoms with Crippen molar-refractivity contribution in [2.24, 2.45) is 0 Å². The second kappa shape index (κ2) is 6.01. The van der Waals surface area contributed by atoms with Gasteiger partial charge in [0.2, 0.25) is 0 Å². The predicted molar refractivity (Wildman–Crippen MR) is 80.8 cm³/mol. The van der Waals surface area contributed by atoms with E-state index >= 15 is 0 Å². The molecule has 0 spiro atoms. The number of amides is 1. The minimum Gasteiger partial charge on any atom is -0.456 e. The maximum absolute atomic E-state index is 12.1. The van der Waals surface area contributed by atoms with E-state index in [2.05, 4.69) is 10.5 Å². The van der Waals surface area contributed by atoms with E-state index in [4.69, 9.17) is 9.26 Å². The number of rotatable bonds is 3. The fourth-order valence-corrected chi connectivity index (χ4v) is 1.71. The van der Waals surface area contributed by atoms with Gasteiger partial charge >= 0.3 is 5.97 Å². The van der Waals surface area contributed by atoms with Gasteiger partial charge < -0.3 is 14.6 Å². The van der Waals surface area contributed by atoms with Crippen molar-refractivity contribution in [3.05, 3.63) is 47.3 Å². The first-order valence-corrected chi connectivity index (χ1v) is 6.82. The van der Waals surface area contributed by atoms with Crippen LogP contribution in [0.5, 0.6) is 0 Å². The van der Waals surface area contributed by atoms with E-state index in [9.17, 15) is 9.59 Å². The maximum Gasteiger partial charge on any atom is 0.338 e. The monoisotopic (exact) mass is 302 g/mol. The minimum absolute atomic E-state index is 0.304. The molecule has 2 aromatic rings. The molecular formula is C16H18N2O4. The number of aryl methyl sites for hydroxylation is 1. The Labute approximate surface area is 128 Å². The van der Waals surface area contributed by atoms with Crippen LogP contribution in [0.3, 0.4) is 0 Å². The van der Waals surface area contributed by atoms with Crippen LogP contribution in [0, 0.1) is 6.92 Å². The Hall–Kier alpha value is -2.63. The molecule has 1 aromatic heterocycles. The number of ether oxygens (including phenoxy) is 1. The van der Waals surface area contributed by atoms with Gasteiger partial charge in [0, 0.05) is 5.56 Å². The van der Waals surface area contributed by atoms with Gasteiger partial charge in [-0.1, -0.05) is 5.16 Å². The van der Waals surface area contributed by atoms with E-state index in [-0.39, 0.29) is 5.91 Å². The number of carbonyl (C=O) groups excluding carboxylic acids is 2. The maximum atomic E-state index is 12.1. The van der Waals surface area contributed by atoms with Gasteiger partial charge in [-0.05, 0) is 52.0 Å². The van der Waals surface area contributed by atoms with Gasteiger partial charge in [0.25, 0.3) is 5.91 Å². The fraction of sp³-hybridized carbons (Fsp3) is 0.312. The third-order valence-electron chi connectivity index (χ3n) is 2.78. The van der Waals surface area contributed by atoms with Gasteiger partial charge in [0.1, 0.15) is 11.3 Å². The van der Waals surface area contributed by atoms with E-state index in [0.29, 0.717) is 22.6 Å². The molecule has 22 heavy (non-hydrogen) atoms. The van der Waals surface area contributed by atoms with Gasteiger partial charge in [-0.15, -0.1) is 0 Å². The number of benzene rings is 1. The molecular weight excluding hydrogens is 284 g/mol. The van der Waals surface area contributed by atoms with Crippen molar-refractivity contribution >= 4 is 17.6 Å². The van der Waals surface area contributed by atoms with Crippen LogP contribution in [-0.2, 0) is 4.74 Å². The number of nitrogens with one attached hydrogen (secondary N) is 1. The summed E-state index contributed by atoms with van der Waals surface area (Å²) in [5, 5.41) is 6.27. The lowest BCUT2D eigenvalue weighted by atomic mass is 10.1. The van der Waals surface area contributed by atoms with Crippen molar-refractivity contribution in [1.29, 1.82) is 0 Å². The van der Waals surface area contributed by atoms with E-state index in [0.717, 1.165) is 0 Å². The van der Waals surface area contributed by atoms with Crippen LogP contribution in [0.2, 0.25) is 0 Å². The third-order valence-corrected chi connectivity index (χ3v) is 2.78. The number of esters is 1. The first kappa shape index (κ1) is 15.8. The average molecular weight is 302 g/mol. The molecule has 1 heterocycles. The summed E-state index contributed by atoms with van der Waals surface area (Å²) in [5.74, 6) is -0.199. The fourth-order valence-electron chi connectivity index (χ4n) is 1.71. The Kier molecular flexibility index (Phi) is 4.30. The smallest absolute Gasteiger partial charge is 0.338 e. The summed E-state index contributed by atoms with van der Waals surface area (Å²) in [7, 11) is 0. The zero-order valence-corrected chi connectivity index (χ0v) is 13.0. The molecule has 0 bridgehead atoms. The summed E-state index contributed by atoms with van der Waals surface area (Å²) >= 11 is 0. The molecule has 6 nitrogen and oxygen atoms in total. The number of hydrogen-bond acceptors (Lipinski definition) is 5. The molecule has 2 rings (SSSR count). The summed E-state index contributed by atoms with van der Waals surface area (Å²) < 4.78 is 10.1. The first-order chi connectivity index (χ1) is 10.3. The summed E-state index contributed by atoms with van der Waals surface area (Å²) in [5.41, 5.74) is 0.778. The molecule has 0 saturated carbocycles. The van der Waals surface area contributed by atoms with Crippen LogP contribution in [0.25, 0.3) is 0 Å². The lowest BCUT2D eigenvalue weighted by Gasteiger charge is -2.19. The van der Waals surface area contributed by atoms with E-state index in [1.807, 2.05) is 0 Å². The van der Waals surface area contributed by atoms with Crippen LogP contribution in [0.4, 0.5) is 5.69 Å². The summed E-state index contributed by atoms with van der Waals surface area (Å²) in [6.07, 6.45) is 1.43. The van der Waals surface area contributed by atoms with E-state index in [1.165, 1.54) is 6.20 Å². The molecule has 0 atom stereocenters. The van der Waals surface area contributed by atoms with Crippen LogP contribution in [-0.4, -0.2) is 22.6 Å². The van der Waals surface area contributed by atoms with Gasteiger partial charge in [-0.25, -0.2) is 4.79 Å². The van der Waals surface area contributed by atoms with E-state index in [1.54, 1.807) is 52.0 Å². The second-order valence-corrected chi connectivity index (χ2v) is 5.83. The van der Waals surface area contributed by atoms with Crippen LogP contribution < -0.4 is 5.32 Å². The summed E-state index contributed by atoms with van der Waals surface area (Å²) in [4.78, 5) is 24.0. The Morgan fingerprint density at radius 3 is 2.23 bits per heavy atom. The zero-order chi connectivity index (χ0) is 16.3. The van der Waals surface area contributed by atoms with Gasteiger partial charge in [0.15, 0.2) is 5.76 Å². The van der Waals surface area contributed by atoms with Crippen molar-refractivity contribution in [3.63, 3.8) is 0 Å². The highest BCUT2D eigenvalue weighted by molar-refractivity contribution is 6.05. The largest absolute Gasteiger partial charge is 0.456 e. The second-order valence-electron chi connectivity index (χ2n) is 5.83. The van der Waals surface area contributed by atoms with Crippen molar-refractivity contribution in [2.45, 2.75) is 33.3 Å². The topological polar surface area (TPSA) is 81.4 Å². The van der Waals surface area contributed by atoms with Crippen molar-refractivity contribution in [2.75, 3.05) is 5.32 Å². The quantitative estimate of drug-likeness (QED) is 0.880. The van der Waals surface area contributed by atoms with Gasteiger partial charge in [0.05, 0.1) is 11.8 Å². The summed E-state index contributed by atoms with van der Waals surface area (Å²) in [6, 6.07) is 6.25. The number of hydrogen-bond donors (Lipinski definition) is 1. The van der Waals surface area contributed by atoms with Gasteiger partial charge in [-0.2, -0.15) is 0 Å². The predicted octanol–water partition coefficient (Wildman–Crippen LogP) is 3.19. The molecule has 1 aromatic carbocycles. The molecule has 1 amide bonds. The Morgan fingerprint density at radius 2 is 1.73 bits per heavy atom. The number of carbonyl (C=O) groups is 2. The van der Waals surface area contributed by atoms with Crippen LogP contribution >= 0.6 is 0 Å². The summed E-state index contributed by atoms with van der Waals surface area (Å²) in [6.45, 7) is 7.10. The average Bonchev–Trinajstić information content (AvgIpc) is 2.82. The highest BCUT2D eigenvalue weighted by Crippen LogP contribution is 2.16. The highest BCUT2D eigenvalue weighted by atomic mass is 16.6. The molecule has 116 valence electrons. The van der Waals surface area contributed by atoms with Crippen LogP contribution in [0.1, 0.15) is 47.2 Å². The molecule has 0 aliphatic heterocycles. The molecule has 0 unspecified atom stereocenters. The van der Waals surface area contributed by atoms with Crippen molar-refractivity contribution in [3.8, 4) is 0 Å². The zero-order valence-electron chi connectivity index (χ0n) is 13.0. The molecule has 0 saturated heterocycles. The molecule has 0 aliphatic carbocycles. The van der Waals surface area contributed by atoms with E-state index < -0.39 is 11.6 Å². The Balaban J connectivity index is 2.07. The molecule has 0 radical (unpaired) electrons. The lowest BCUT2D eigenvalue weighted by Crippen LogP contribution is -2.24. The standard InChI is InChI=1S/C16H18N2O4/c1-10-13(9-17-22-10)18-14(19)11-5-7-12(8-6-11)15(20)21-16(2,3)4/h5-9H,1-4H3,(H,18,19). The normalized spacial score (nSPS) is 11.1. The molecule has 1 N–H and O–H groups in total. The first-order valence-electron chi connectivity index (χ1n) is 6.82. The highest BCUT2D eigenvalue weighted by Gasteiger charge is 2.18. The Morgan fingerprint density at radius 1 is 1.14 bits per heavy atom. The lowest BCUT2D eigenvalue weighted by molar-refractivity contribution is 0.00693. The minimum atomic E-state index is -0.557. The number of anilines is 1. The third kappa shape index (κ3) is 3.94. The molecule has 6 heteroatoms. The molecule has 0 aliphatic rings. The van der Waals surface area contributed by atoms with Crippen molar-refractivity contribution < 1.29 is 18.8 Å². The number of aromatic nitrogens is 1. The number of nitrogens with zero attached hydrogens (tertiary/aromatic N) is 1.